The number of rotatable bonds is 2. The van der Waals surface area contributed by atoms with Crippen LogP contribution < -0.4 is 0 Å². The van der Waals surface area contributed by atoms with Gasteiger partial charge in [0, 0.05) is 0 Å². The summed E-state index contributed by atoms with van der Waals surface area (Å²) in [5, 5.41) is 0. The summed E-state index contributed by atoms with van der Waals surface area (Å²) >= 11 is 0. The summed E-state index contributed by atoms with van der Waals surface area (Å²) in [4.78, 5) is 4.02. The van der Waals surface area contributed by atoms with Gasteiger partial charge in [0.1, 0.15) is 0 Å². The van der Waals surface area contributed by atoms with Crippen molar-refractivity contribution in [3.05, 3.63) is 23.8 Å². The molecule has 60 valence electrons. The molecule has 0 saturated heterocycles. The molecular weight excluding hydrogens is 134 g/mol. The van der Waals surface area contributed by atoms with Crippen molar-refractivity contribution >= 4 is 6.72 Å². The highest BCUT2D eigenvalue weighted by molar-refractivity contribution is 5.30. The summed E-state index contributed by atoms with van der Waals surface area (Å²) in [5.74, 6) is 0. The Balaban J connectivity index is 2.57. The number of aliphatic imine (C=N–C) groups is 1. The van der Waals surface area contributed by atoms with E-state index in [0.717, 1.165) is 19.3 Å². The lowest BCUT2D eigenvalue weighted by atomic mass is 9.92. The van der Waals surface area contributed by atoms with Crippen molar-refractivity contribution in [2.75, 3.05) is 0 Å². The normalized spacial score (nSPS) is 24.1. The van der Waals surface area contributed by atoms with Crippen LogP contribution in [0.15, 0.2) is 28.8 Å². The van der Waals surface area contributed by atoms with Crippen molar-refractivity contribution in [3.8, 4) is 0 Å². The van der Waals surface area contributed by atoms with E-state index in [1.54, 1.807) is 0 Å². The van der Waals surface area contributed by atoms with Crippen LogP contribution in [0.25, 0.3) is 0 Å². The zero-order valence-electron chi connectivity index (χ0n) is 7.14. The first kappa shape index (κ1) is 8.25. The summed E-state index contributed by atoms with van der Waals surface area (Å²) in [6, 6.07) is 0.457. The van der Waals surface area contributed by atoms with Gasteiger partial charge in [-0.3, -0.25) is 4.99 Å². The zero-order valence-corrected chi connectivity index (χ0v) is 7.14. The minimum Gasteiger partial charge on any atom is -0.297 e. The van der Waals surface area contributed by atoms with Crippen molar-refractivity contribution in [2.45, 2.75) is 32.2 Å². The van der Waals surface area contributed by atoms with Gasteiger partial charge < -0.3 is 0 Å². The highest BCUT2D eigenvalue weighted by Gasteiger charge is 2.11. The number of nitrogens with zero attached hydrogens (tertiary/aromatic N) is 1. The van der Waals surface area contributed by atoms with E-state index in [0.29, 0.717) is 6.04 Å². The molecule has 1 heteroatoms. The van der Waals surface area contributed by atoms with E-state index in [9.17, 15) is 0 Å². The van der Waals surface area contributed by atoms with E-state index in [2.05, 4.69) is 31.3 Å². The van der Waals surface area contributed by atoms with Crippen LogP contribution in [0, 0.1) is 0 Å². The maximum Gasteiger partial charge on any atom is 0.0530 e. The fourth-order valence-electron chi connectivity index (χ4n) is 1.37. The Kier molecular flexibility index (Phi) is 2.64. The largest absolute Gasteiger partial charge is 0.297 e. The Morgan fingerprint density at radius 3 is 2.82 bits per heavy atom. The molecule has 0 spiro atoms. The van der Waals surface area contributed by atoms with Gasteiger partial charge in [0.05, 0.1) is 6.04 Å². The molecular formula is C10H15N. The van der Waals surface area contributed by atoms with Gasteiger partial charge in [-0.1, -0.05) is 18.2 Å². The average Bonchev–Trinajstić information content (AvgIpc) is 2.05. The summed E-state index contributed by atoms with van der Waals surface area (Å²) < 4.78 is 0. The third-order valence-electron chi connectivity index (χ3n) is 2.19. The number of hydrogen-bond acceptors (Lipinski definition) is 1. The van der Waals surface area contributed by atoms with Crippen LogP contribution in [0.4, 0.5) is 0 Å². The predicted molar refractivity (Wildman–Crippen MR) is 50.1 cm³/mol. The van der Waals surface area contributed by atoms with Crippen molar-refractivity contribution in [1.29, 1.82) is 0 Å². The van der Waals surface area contributed by atoms with Gasteiger partial charge in [-0.2, -0.15) is 0 Å². The third-order valence-corrected chi connectivity index (χ3v) is 2.19. The first-order valence-electron chi connectivity index (χ1n) is 4.04. The molecule has 1 rings (SSSR count). The van der Waals surface area contributed by atoms with Crippen molar-refractivity contribution in [1.82, 2.24) is 0 Å². The second-order valence-electron chi connectivity index (χ2n) is 3.12. The van der Waals surface area contributed by atoms with Gasteiger partial charge >= 0.3 is 0 Å². The van der Waals surface area contributed by atoms with Gasteiger partial charge in [0.15, 0.2) is 0 Å². The molecule has 1 aliphatic rings. The molecule has 0 aromatic carbocycles. The molecule has 0 bridgehead atoms. The monoisotopic (exact) mass is 149 g/mol. The van der Waals surface area contributed by atoms with Crippen LogP contribution in [0.1, 0.15) is 26.2 Å². The lowest BCUT2D eigenvalue weighted by molar-refractivity contribution is 0.599. The Morgan fingerprint density at radius 2 is 2.45 bits per heavy atom. The molecule has 0 amide bonds. The maximum absolute atomic E-state index is 4.02. The van der Waals surface area contributed by atoms with E-state index in [-0.39, 0.29) is 0 Å². The Hall–Kier alpha value is -0.850. The molecule has 0 aromatic heterocycles. The topological polar surface area (TPSA) is 12.4 Å². The second kappa shape index (κ2) is 3.51. The molecule has 1 nitrogen and oxygen atoms in total. The van der Waals surface area contributed by atoms with Gasteiger partial charge in [0.25, 0.3) is 0 Å². The molecule has 0 aliphatic heterocycles. The third kappa shape index (κ3) is 2.04. The van der Waals surface area contributed by atoms with Crippen molar-refractivity contribution in [2.24, 2.45) is 4.99 Å². The highest BCUT2D eigenvalue weighted by Crippen LogP contribution is 2.24. The highest BCUT2D eigenvalue weighted by atomic mass is 14.7. The first-order chi connectivity index (χ1) is 5.24. The smallest absolute Gasteiger partial charge is 0.0530 e. The fraction of sp³-hybridized carbons (Fsp3) is 0.500. The van der Waals surface area contributed by atoms with E-state index < -0.39 is 0 Å². The SMILES string of the molecule is C=NC1CC=C(C(=C)C)CC1. The van der Waals surface area contributed by atoms with Gasteiger partial charge in [-0.25, -0.2) is 0 Å². The maximum atomic E-state index is 4.02. The Bertz CT molecular complexity index is 201. The Labute approximate surface area is 68.5 Å². The van der Waals surface area contributed by atoms with Crippen LogP contribution in [-0.4, -0.2) is 12.8 Å². The van der Waals surface area contributed by atoms with Crippen LogP contribution in [0.2, 0.25) is 0 Å². The minimum atomic E-state index is 0.457. The molecule has 1 aliphatic carbocycles. The van der Waals surface area contributed by atoms with E-state index in [4.69, 9.17) is 0 Å². The molecule has 0 heterocycles. The summed E-state index contributed by atoms with van der Waals surface area (Å²) in [6.45, 7) is 9.53. The number of hydrogen-bond donors (Lipinski definition) is 0. The molecule has 0 saturated carbocycles. The molecule has 1 unspecified atom stereocenters. The quantitative estimate of drug-likeness (QED) is 0.535. The van der Waals surface area contributed by atoms with E-state index >= 15 is 0 Å². The van der Waals surface area contributed by atoms with Gasteiger partial charge in [-0.05, 0) is 38.5 Å². The molecule has 1 atom stereocenters. The van der Waals surface area contributed by atoms with Crippen LogP contribution in [0.3, 0.4) is 0 Å². The van der Waals surface area contributed by atoms with E-state index in [1.165, 1.54) is 11.1 Å². The average molecular weight is 149 g/mol. The zero-order chi connectivity index (χ0) is 8.27. The fourth-order valence-corrected chi connectivity index (χ4v) is 1.37. The molecule has 11 heavy (non-hydrogen) atoms. The molecule has 0 N–H and O–H groups in total. The first-order valence-corrected chi connectivity index (χ1v) is 4.04. The minimum absolute atomic E-state index is 0.457. The predicted octanol–water partition coefficient (Wildman–Crippen LogP) is 2.74. The van der Waals surface area contributed by atoms with Gasteiger partial charge in [0.2, 0.25) is 0 Å². The van der Waals surface area contributed by atoms with Crippen LogP contribution in [0.5, 0.6) is 0 Å². The van der Waals surface area contributed by atoms with Crippen molar-refractivity contribution in [3.63, 3.8) is 0 Å². The standard InChI is InChI=1S/C10H15N/c1-8(2)9-4-6-10(11-3)7-5-9/h4,10H,1,3,5-7H2,2H3. The lowest BCUT2D eigenvalue weighted by Crippen LogP contribution is -2.08. The van der Waals surface area contributed by atoms with Crippen LogP contribution in [-0.2, 0) is 0 Å². The Morgan fingerprint density at radius 1 is 1.73 bits per heavy atom. The van der Waals surface area contributed by atoms with Crippen LogP contribution >= 0.6 is 0 Å². The molecule has 0 radical (unpaired) electrons. The molecule has 0 fully saturated rings. The van der Waals surface area contributed by atoms with Gasteiger partial charge in [-0.15, -0.1) is 0 Å². The second-order valence-corrected chi connectivity index (χ2v) is 3.12. The number of allylic oxidation sites excluding steroid dienone is 2. The summed E-state index contributed by atoms with van der Waals surface area (Å²) in [7, 11) is 0. The lowest BCUT2D eigenvalue weighted by Gasteiger charge is -2.17. The summed E-state index contributed by atoms with van der Waals surface area (Å²) in [6.07, 6.45) is 5.55. The summed E-state index contributed by atoms with van der Waals surface area (Å²) in [5.41, 5.74) is 2.61. The molecule has 0 aromatic rings. The van der Waals surface area contributed by atoms with Crippen molar-refractivity contribution < 1.29 is 0 Å². The van der Waals surface area contributed by atoms with E-state index in [1.807, 2.05) is 0 Å².